The fourth-order valence-electron chi connectivity index (χ4n) is 1.35. The molecule has 0 aromatic heterocycles. The number of hydrogen-bond donors (Lipinski definition) is 2. The molecule has 3 N–H and O–H groups in total. The number of alkyl halides is 3. The number of hydrogen-bond acceptors (Lipinski definition) is 4. The molecule has 0 aliphatic heterocycles. The summed E-state index contributed by atoms with van der Waals surface area (Å²) in [5.74, 6) is -2.76. The van der Waals surface area contributed by atoms with Crippen molar-refractivity contribution in [3.8, 4) is 0 Å². The molecule has 0 saturated heterocycles. The van der Waals surface area contributed by atoms with Gasteiger partial charge in [0.25, 0.3) is 0 Å². The molecule has 0 radical (unpaired) electrons. The molecule has 9 heteroatoms. The van der Waals surface area contributed by atoms with Crippen molar-refractivity contribution in [2.24, 2.45) is 5.73 Å². The first-order valence-corrected chi connectivity index (χ1v) is 5.96. The van der Waals surface area contributed by atoms with E-state index in [4.69, 9.17) is 10.8 Å². The largest absolute Gasteiger partial charge is 0.575 e. The molecule has 110 valence electrons. The Balaban J connectivity index is 2.88. The van der Waals surface area contributed by atoms with E-state index in [0.29, 0.717) is 5.56 Å². The van der Waals surface area contributed by atoms with E-state index in [0.717, 1.165) is 6.07 Å². The number of carboxylic acids is 1. The van der Waals surface area contributed by atoms with Crippen LogP contribution in [0.2, 0.25) is 0 Å². The van der Waals surface area contributed by atoms with Crippen LogP contribution in [0, 0.1) is 0 Å². The molecular formula is C11H9BrF3NO4. The van der Waals surface area contributed by atoms with Crippen LogP contribution in [0.25, 0.3) is 0 Å². The van der Waals surface area contributed by atoms with Crippen molar-refractivity contribution in [1.29, 1.82) is 0 Å². The fraction of sp³-hybridized carbons (Fsp3) is 0.273. The third kappa shape index (κ3) is 4.82. The van der Waals surface area contributed by atoms with Gasteiger partial charge < -0.3 is 15.6 Å². The summed E-state index contributed by atoms with van der Waals surface area (Å²) >= 11 is 2.93. The molecule has 0 aliphatic carbocycles. The van der Waals surface area contributed by atoms with E-state index in [1.54, 1.807) is 0 Å². The number of carbonyl (C=O) groups excluding carboxylic acids is 1. The molecule has 0 amide bonds. The number of rotatable bonds is 4. The molecule has 5 nitrogen and oxygen atoms in total. The number of nitrogens with two attached hydrogens (primary N) is 1. The lowest BCUT2D eigenvalue weighted by Gasteiger charge is -2.10. The molecule has 20 heavy (non-hydrogen) atoms. The van der Waals surface area contributed by atoms with Crippen molar-refractivity contribution in [3.05, 3.63) is 33.8 Å². The second-order valence-corrected chi connectivity index (χ2v) is 4.65. The maximum atomic E-state index is 11.9. The first-order chi connectivity index (χ1) is 9.10. The number of carboxylic acid groups (broad SMARTS) is 1. The summed E-state index contributed by atoms with van der Waals surface area (Å²) in [5.41, 5.74) is 5.45. The van der Waals surface area contributed by atoms with Gasteiger partial charge in [-0.3, -0.25) is 4.79 Å². The van der Waals surface area contributed by atoms with Crippen LogP contribution in [-0.4, -0.2) is 29.4 Å². The molecule has 0 fully saturated rings. The smallest absolute Gasteiger partial charge is 0.480 e. The highest BCUT2D eigenvalue weighted by atomic mass is 79.9. The number of halogens is 4. The summed E-state index contributed by atoms with van der Waals surface area (Å²) in [6.45, 7) is 0. The van der Waals surface area contributed by atoms with E-state index in [-0.39, 0.29) is 16.5 Å². The van der Waals surface area contributed by atoms with Gasteiger partial charge in [-0.25, -0.2) is 4.79 Å². The molecule has 1 aromatic rings. The van der Waals surface area contributed by atoms with Gasteiger partial charge in [0.2, 0.25) is 0 Å². The lowest BCUT2D eigenvalue weighted by molar-refractivity contribution is -0.291. The van der Waals surface area contributed by atoms with Crippen LogP contribution in [0.15, 0.2) is 22.7 Å². The van der Waals surface area contributed by atoms with Gasteiger partial charge in [-0.15, -0.1) is 13.2 Å². The van der Waals surface area contributed by atoms with Crippen molar-refractivity contribution < 1.29 is 32.6 Å². The van der Waals surface area contributed by atoms with E-state index >= 15 is 0 Å². The Morgan fingerprint density at radius 3 is 2.45 bits per heavy atom. The molecule has 1 aromatic carbocycles. The highest BCUT2D eigenvalue weighted by Crippen LogP contribution is 2.24. The predicted molar refractivity (Wildman–Crippen MR) is 64.9 cm³/mol. The molecule has 1 atom stereocenters. The lowest BCUT2D eigenvalue weighted by Crippen LogP contribution is -2.32. The van der Waals surface area contributed by atoms with E-state index in [1.807, 2.05) is 0 Å². The molecule has 1 rings (SSSR count). The van der Waals surface area contributed by atoms with Gasteiger partial charge in [0.1, 0.15) is 6.04 Å². The molecule has 0 heterocycles. The molecule has 0 aliphatic rings. The Morgan fingerprint density at radius 2 is 2.00 bits per heavy atom. The Morgan fingerprint density at radius 1 is 1.40 bits per heavy atom. The monoisotopic (exact) mass is 355 g/mol. The zero-order valence-electron chi connectivity index (χ0n) is 9.78. The highest BCUT2D eigenvalue weighted by Gasteiger charge is 2.35. The summed E-state index contributed by atoms with van der Waals surface area (Å²) in [6.07, 6.45) is -5.09. The Labute approximate surface area is 119 Å². The summed E-state index contributed by atoms with van der Waals surface area (Å²) in [5, 5.41) is 8.65. The number of esters is 1. The van der Waals surface area contributed by atoms with Gasteiger partial charge >= 0.3 is 18.3 Å². The van der Waals surface area contributed by atoms with Crippen LogP contribution in [0.4, 0.5) is 13.2 Å². The van der Waals surface area contributed by atoms with Gasteiger partial charge in [-0.05, 0) is 40.0 Å². The number of carbonyl (C=O) groups is 2. The van der Waals surface area contributed by atoms with Gasteiger partial charge in [0.15, 0.2) is 0 Å². The molecule has 0 saturated carbocycles. The summed E-state index contributed by atoms with van der Waals surface area (Å²) in [6, 6.07) is 2.58. The SMILES string of the molecule is NC(Cc1ccc(C(=O)OC(F)(F)F)c(Br)c1)C(=O)O. The van der Waals surface area contributed by atoms with Gasteiger partial charge in [0.05, 0.1) is 5.56 Å². The Bertz CT molecular complexity index is 533. The second-order valence-electron chi connectivity index (χ2n) is 3.80. The summed E-state index contributed by atoms with van der Waals surface area (Å²) < 4.78 is 39.1. The van der Waals surface area contributed by atoms with Crippen LogP contribution >= 0.6 is 15.9 Å². The van der Waals surface area contributed by atoms with E-state index < -0.39 is 24.3 Å². The average Bonchev–Trinajstić information content (AvgIpc) is 2.26. The van der Waals surface area contributed by atoms with E-state index in [2.05, 4.69) is 20.7 Å². The third-order valence-corrected chi connectivity index (χ3v) is 2.89. The van der Waals surface area contributed by atoms with Crippen LogP contribution in [0.1, 0.15) is 15.9 Å². The van der Waals surface area contributed by atoms with Gasteiger partial charge in [0, 0.05) is 4.47 Å². The number of benzene rings is 1. The van der Waals surface area contributed by atoms with Crippen molar-refractivity contribution >= 4 is 27.9 Å². The van der Waals surface area contributed by atoms with Crippen molar-refractivity contribution in [1.82, 2.24) is 0 Å². The first-order valence-electron chi connectivity index (χ1n) is 5.17. The normalized spacial score (nSPS) is 12.8. The topological polar surface area (TPSA) is 89.6 Å². The number of ether oxygens (including phenoxy) is 1. The fourth-order valence-corrected chi connectivity index (χ4v) is 1.94. The zero-order valence-corrected chi connectivity index (χ0v) is 11.4. The molecule has 1 unspecified atom stereocenters. The van der Waals surface area contributed by atoms with E-state index in [1.165, 1.54) is 12.1 Å². The van der Waals surface area contributed by atoms with Crippen LogP contribution < -0.4 is 5.73 Å². The van der Waals surface area contributed by atoms with Crippen molar-refractivity contribution in [2.45, 2.75) is 18.8 Å². The maximum absolute atomic E-state index is 11.9. The minimum atomic E-state index is -5.07. The van der Waals surface area contributed by atoms with E-state index in [9.17, 15) is 22.8 Å². The Hall–Kier alpha value is -1.61. The van der Waals surface area contributed by atoms with Crippen molar-refractivity contribution in [2.75, 3.05) is 0 Å². The second kappa shape index (κ2) is 6.23. The Kier molecular flexibility index (Phi) is 5.12. The number of aliphatic carboxylic acids is 1. The maximum Gasteiger partial charge on any atom is 0.575 e. The molecule has 0 spiro atoms. The average molecular weight is 356 g/mol. The highest BCUT2D eigenvalue weighted by molar-refractivity contribution is 9.10. The predicted octanol–water partition coefficient (Wildman–Crippen LogP) is 2.08. The van der Waals surface area contributed by atoms with Gasteiger partial charge in [-0.2, -0.15) is 0 Å². The quantitative estimate of drug-likeness (QED) is 0.807. The molecule has 0 bridgehead atoms. The summed E-state index contributed by atoms with van der Waals surface area (Å²) in [7, 11) is 0. The molecular weight excluding hydrogens is 347 g/mol. The summed E-state index contributed by atoms with van der Waals surface area (Å²) in [4.78, 5) is 21.8. The first kappa shape index (κ1) is 16.4. The lowest BCUT2D eigenvalue weighted by atomic mass is 10.0. The van der Waals surface area contributed by atoms with Crippen LogP contribution in [0.5, 0.6) is 0 Å². The standard InChI is InChI=1S/C11H9BrF3NO4/c12-7-3-5(4-8(16)9(17)18)1-2-6(7)10(19)20-11(13,14)15/h1-3,8H,4,16H2,(H,17,18). The van der Waals surface area contributed by atoms with Crippen LogP contribution in [0.3, 0.4) is 0 Å². The van der Waals surface area contributed by atoms with Gasteiger partial charge in [-0.1, -0.05) is 6.07 Å². The minimum Gasteiger partial charge on any atom is -0.480 e. The third-order valence-electron chi connectivity index (χ3n) is 2.23. The zero-order chi connectivity index (χ0) is 15.5. The van der Waals surface area contributed by atoms with Crippen molar-refractivity contribution in [3.63, 3.8) is 0 Å². The minimum absolute atomic E-state index is 0.0253. The van der Waals surface area contributed by atoms with Crippen LogP contribution in [-0.2, 0) is 16.0 Å².